The van der Waals surface area contributed by atoms with Gasteiger partial charge in [0.15, 0.2) is 5.13 Å². The van der Waals surface area contributed by atoms with Crippen LogP contribution < -0.4 is 10.6 Å². The normalized spacial score (nSPS) is 10.6. The molecule has 1 aromatic heterocycles. The van der Waals surface area contributed by atoms with Crippen molar-refractivity contribution in [2.24, 2.45) is 0 Å². The zero-order valence-corrected chi connectivity index (χ0v) is 17.6. The lowest BCUT2D eigenvalue weighted by molar-refractivity contribution is -0.120. The maximum Gasteiger partial charge on any atom is 0.227 e. The predicted molar refractivity (Wildman–Crippen MR) is 118 cm³/mol. The van der Waals surface area contributed by atoms with Crippen LogP contribution in [0.3, 0.4) is 0 Å². The van der Waals surface area contributed by atoms with Crippen LogP contribution in [0, 0.1) is 6.92 Å². The van der Waals surface area contributed by atoms with Crippen molar-refractivity contribution in [3.05, 3.63) is 81.3 Å². The van der Waals surface area contributed by atoms with Gasteiger partial charge in [0, 0.05) is 35.5 Å². The number of carbonyl (C=O) groups excluding carboxylic acids is 2. The highest BCUT2D eigenvalue weighted by atomic mass is 35.5. The molecule has 2 aromatic carbocycles. The van der Waals surface area contributed by atoms with Gasteiger partial charge >= 0.3 is 0 Å². The Balaban J connectivity index is 1.41. The lowest BCUT2D eigenvalue weighted by Gasteiger charge is -2.05. The second-order valence-electron chi connectivity index (χ2n) is 6.70. The lowest BCUT2D eigenvalue weighted by Crippen LogP contribution is -2.28. The molecule has 2 amide bonds. The predicted octanol–water partition coefficient (Wildman–Crippen LogP) is 4.38. The minimum Gasteiger partial charge on any atom is -0.355 e. The van der Waals surface area contributed by atoms with Crippen LogP contribution in [-0.4, -0.2) is 23.3 Å². The van der Waals surface area contributed by atoms with Crippen LogP contribution in [0.1, 0.15) is 28.0 Å². The van der Waals surface area contributed by atoms with Crippen molar-refractivity contribution in [2.45, 2.75) is 26.2 Å². The van der Waals surface area contributed by atoms with Gasteiger partial charge in [-0.05, 0) is 29.7 Å². The summed E-state index contributed by atoms with van der Waals surface area (Å²) in [6.45, 7) is 2.26. The SMILES string of the molecule is Cc1ccc(Cc2cnc(NC(=O)CCNC(=O)Cc3ccccc3)s2)cc1Cl. The Morgan fingerprint density at radius 2 is 1.86 bits per heavy atom. The fraction of sp³-hybridized carbons (Fsp3) is 0.227. The van der Waals surface area contributed by atoms with E-state index in [1.54, 1.807) is 6.20 Å². The Kier molecular flexibility index (Phi) is 7.38. The molecule has 29 heavy (non-hydrogen) atoms. The van der Waals surface area contributed by atoms with Crippen molar-refractivity contribution in [3.63, 3.8) is 0 Å². The first-order chi connectivity index (χ1) is 14.0. The van der Waals surface area contributed by atoms with E-state index < -0.39 is 0 Å². The molecule has 3 rings (SSSR count). The summed E-state index contributed by atoms with van der Waals surface area (Å²) >= 11 is 7.61. The van der Waals surface area contributed by atoms with Gasteiger partial charge < -0.3 is 10.6 Å². The number of nitrogens with one attached hydrogen (secondary N) is 2. The molecule has 3 aromatic rings. The highest BCUT2D eigenvalue weighted by Gasteiger charge is 2.09. The summed E-state index contributed by atoms with van der Waals surface area (Å²) in [5.41, 5.74) is 3.09. The van der Waals surface area contributed by atoms with Crippen LogP contribution in [0.25, 0.3) is 0 Å². The number of benzene rings is 2. The maximum absolute atomic E-state index is 12.1. The fourth-order valence-corrected chi connectivity index (χ4v) is 3.80. The van der Waals surface area contributed by atoms with Gasteiger partial charge in [0.1, 0.15) is 0 Å². The van der Waals surface area contributed by atoms with Crippen LogP contribution in [0.5, 0.6) is 0 Å². The molecule has 0 spiro atoms. The molecule has 2 N–H and O–H groups in total. The Morgan fingerprint density at radius 1 is 1.07 bits per heavy atom. The van der Waals surface area contributed by atoms with Crippen molar-refractivity contribution >= 4 is 39.9 Å². The third-order valence-electron chi connectivity index (χ3n) is 4.30. The van der Waals surface area contributed by atoms with E-state index in [-0.39, 0.29) is 24.8 Å². The number of halogens is 1. The lowest BCUT2D eigenvalue weighted by atomic mass is 10.1. The molecule has 1 heterocycles. The molecule has 0 unspecified atom stereocenters. The molecule has 0 bridgehead atoms. The molecule has 0 aliphatic heterocycles. The second kappa shape index (κ2) is 10.2. The topological polar surface area (TPSA) is 71.1 Å². The van der Waals surface area contributed by atoms with E-state index in [0.29, 0.717) is 18.0 Å². The Bertz CT molecular complexity index is 989. The number of aromatic nitrogens is 1. The molecule has 5 nitrogen and oxygen atoms in total. The molecule has 0 aliphatic carbocycles. The molecule has 0 atom stereocenters. The third kappa shape index (κ3) is 6.69. The number of aryl methyl sites for hydroxylation is 1. The monoisotopic (exact) mass is 427 g/mol. The maximum atomic E-state index is 12.1. The molecule has 0 radical (unpaired) electrons. The zero-order valence-electron chi connectivity index (χ0n) is 16.1. The first kappa shape index (κ1) is 21.0. The molecule has 7 heteroatoms. The average molecular weight is 428 g/mol. The second-order valence-corrected chi connectivity index (χ2v) is 8.22. The van der Waals surface area contributed by atoms with Crippen molar-refractivity contribution in [1.82, 2.24) is 10.3 Å². The van der Waals surface area contributed by atoms with Crippen LogP contribution >= 0.6 is 22.9 Å². The number of amides is 2. The van der Waals surface area contributed by atoms with Crippen LogP contribution in [-0.2, 0) is 22.4 Å². The molecule has 0 aliphatic rings. The van der Waals surface area contributed by atoms with Crippen LogP contribution in [0.15, 0.2) is 54.7 Å². The molecular weight excluding hydrogens is 406 g/mol. The number of anilines is 1. The Hall–Kier alpha value is -2.70. The van der Waals surface area contributed by atoms with E-state index in [2.05, 4.69) is 15.6 Å². The van der Waals surface area contributed by atoms with Gasteiger partial charge in [-0.15, -0.1) is 11.3 Å². The number of carbonyl (C=O) groups is 2. The summed E-state index contributed by atoms with van der Waals surface area (Å²) in [7, 11) is 0. The van der Waals surface area contributed by atoms with Crippen molar-refractivity contribution in [3.8, 4) is 0 Å². The first-order valence-electron chi connectivity index (χ1n) is 9.30. The highest BCUT2D eigenvalue weighted by molar-refractivity contribution is 7.15. The van der Waals surface area contributed by atoms with E-state index in [4.69, 9.17) is 11.6 Å². The van der Waals surface area contributed by atoms with E-state index in [9.17, 15) is 9.59 Å². The van der Waals surface area contributed by atoms with Gasteiger partial charge in [-0.25, -0.2) is 4.98 Å². The van der Waals surface area contributed by atoms with Crippen LogP contribution in [0.2, 0.25) is 5.02 Å². The summed E-state index contributed by atoms with van der Waals surface area (Å²) in [4.78, 5) is 29.3. The summed E-state index contributed by atoms with van der Waals surface area (Å²) < 4.78 is 0. The van der Waals surface area contributed by atoms with Gasteiger partial charge in [-0.3, -0.25) is 9.59 Å². The Morgan fingerprint density at radius 3 is 2.62 bits per heavy atom. The van der Waals surface area contributed by atoms with E-state index >= 15 is 0 Å². The summed E-state index contributed by atoms with van der Waals surface area (Å²) in [5.74, 6) is -0.276. The number of nitrogens with zero attached hydrogens (tertiary/aromatic N) is 1. The average Bonchev–Trinajstić information content (AvgIpc) is 3.12. The molecule has 0 fully saturated rings. The van der Waals surface area contributed by atoms with Crippen molar-refractivity contribution in [2.75, 3.05) is 11.9 Å². The first-order valence-corrected chi connectivity index (χ1v) is 10.5. The summed E-state index contributed by atoms with van der Waals surface area (Å²) in [6.07, 6.45) is 2.98. The smallest absolute Gasteiger partial charge is 0.227 e. The quantitative estimate of drug-likeness (QED) is 0.560. The van der Waals surface area contributed by atoms with E-state index in [1.807, 2.05) is 55.5 Å². The molecule has 0 saturated heterocycles. The van der Waals surface area contributed by atoms with Gasteiger partial charge in [0.05, 0.1) is 6.42 Å². The number of hydrogen-bond donors (Lipinski definition) is 2. The molecular formula is C22H22ClN3O2S. The minimum absolute atomic E-state index is 0.0997. The van der Waals surface area contributed by atoms with Gasteiger partial charge in [0.25, 0.3) is 0 Å². The Labute approximate surface area is 179 Å². The minimum atomic E-state index is -0.177. The number of thiazole rings is 1. The van der Waals surface area contributed by atoms with Gasteiger partial charge in [-0.1, -0.05) is 54.1 Å². The highest BCUT2D eigenvalue weighted by Crippen LogP contribution is 2.24. The van der Waals surface area contributed by atoms with Crippen molar-refractivity contribution < 1.29 is 9.59 Å². The summed E-state index contributed by atoms with van der Waals surface area (Å²) in [5, 5.41) is 6.85. The molecule has 150 valence electrons. The fourth-order valence-electron chi connectivity index (χ4n) is 2.74. The third-order valence-corrected chi connectivity index (χ3v) is 5.62. The van der Waals surface area contributed by atoms with Crippen LogP contribution in [0.4, 0.5) is 5.13 Å². The molecule has 0 saturated carbocycles. The van der Waals surface area contributed by atoms with E-state index in [0.717, 1.165) is 26.6 Å². The van der Waals surface area contributed by atoms with Crippen molar-refractivity contribution in [1.29, 1.82) is 0 Å². The van der Waals surface area contributed by atoms with E-state index in [1.165, 1.54) is 11.3 Å². The number of rotatable bonds is 8. The summed E-state index contributed by atoms with van der Waals surface area (Å²) in [6, 6.07) is 15.5. The van der Waals surface area contributed by atoms with Gasteiger partial charge in [-0.2, -0.15) is 0 Å². The standard InChI is InChI=1S/C22H22ClN3O2S/c1-15-7-8-17(12-19(15)23)11-18-14-25-22(29-18)26-20(27)9-10-24-21(28)13-16-5-3-2-4-6-16/h2-8,12,14H,9-11,13H2,1H3,(H,24,28)(H,25,26,27). The van der Waals surface area contributed by atoms with Gasteiger partial charge in [0.2, 0.25) is 11.8 Å². The largest absolute Gasteiger partial charge is 0.355 e. The number of hydrogen-bond acceptors (Lipinski definition) is 4. The zero-order chi connectivity index (χ0) is 20.6.